The molecule has 5 nitrogen and oxygen atoms in total. The predicted molar refractivity (Wildman–Crippen MR) is 72.1 cm³/mol. The molecule has 96 valence electrons. The van der Waals surface area contributed by atoms with Gasteiger partial charge < -0.3 is 16.0 Å². The highest BCUT2D eigenvalue weighted by Crippen LogP contribution is 2.19. The summed E-state index contributed by atoms with van der Waals surface area (Å²) < 4.78 is 0. The van der Waals surface area contributed by atoms with Gasteiger partial charge in [0, 0.05) is 24.5 Å². The van der Waals surface area contributed by atoms with Crippen molar-refractivity contribution < 1.29 is 4.79 Å². The lowest BCUT2D eigenvalue weighted by atomic mass is 10.1. The molecule has 1 aromatic carbocycles. The number of carbonyl (C=O) groups is 1. The van der Waals surface area contributed by atoms with Crippen LogP contribution < -0.4 is 16.0 Å². The Balaban J connectivity index is 2.76. The number of hydrogen-bond acceptors (Lipinski definition) is 4. The fourth-order valence-corrected chi connectivity index (χ4v) is 1.55. The fraction of sp³-hybridized carbons (Fsp3) is 0.385. The highest BCUT2D eigenvalue weighted by Gasteiger charge is 2.09. The van der Waals surface area contributed by atoms with E-state index in [1.807, 2.05) is 19.9 Å². The van der Waals surface area contributed by atoms with Crippen LogP contribution in [0.15, 0.2) is 18.2 Å². The lowest BCUT2D eigenvalue weighted by molar-refractivity contribution is -0.120. The number of carbonyl (C=O) groups excluding carboxylic acids is 1. The van der Waals surface area contributed by atoms with Gasteiger partial charge in [0.1, 0.15) is 6.07 Å². The zero-order valence-corrected chi connectivity index (χ0v) is 10.9. The number of amides is 1. The summed E-state index contributed by atoms with van der Waals surface area (Å²) in [6.07, 6.45) is 0. The molecule has 0 bridgehead atoms. The maximum Gasteiger partial charge on any atom is 0.239 e. The first-order valence-corrected chi connectivity index (χ1v) is 5.74. The van der Waals surface area contributed by atoms with Crippen molar-refractivity contribution in [2.75, 3.05) is 24.2 Å². The van der Waals surface area contributed by atoms with E-state index in [2.05, 4.69) is 5.32 Å². The van der Waals surface area contributed by atoms with Crippen molar-refractivity contribution in [1.82, 2.24) is 5.32 Å². The minimum absolute atomic E-state index is 0.0529. The van der Waals surface area contributed by atoms with Crippen LogP contribution >= 0.6 is 0 Å². The van der Waals surface area contributed by atoms with Crippen LogP contribution in [-0.4, -0.2) is 25.5 Å². The number of benzene rings is 1. The van der Waals surface area contributed by atoms with Gasteiger partial charge in [0.05, 0.1) is 12.1 Å². The summed E-state index contributed by atoms with van der Waals surface area (Å²) in [7, 11) is 1.80. The summed E-state index contributed by atoms with van der Waals surface area (Å²) in [4.78, 5) is 13.4. The topological polar surface area (TPSA) is 82.2 Å². The number of nitrogens with one attached hydrogen (secondary N) is 1. The Labute approximate surface area is 107 Å². The summed E-state index contributed by atoms with van der Waals surface area (Å²) in [6, 6.07) is 7.28. The number of nitrogen functional groups attached to an aromatic ring is 1. The van der Waals surface area contributed by atoms with E-state index < -0.39 is 0 Å². The molecule has 0 radical (unpaired) electrons. The quantitative estimate of drug-likeness (QED) is 0.779. The molecular weight excluding hydrogens is 228 g/mol. The van der Waals surface area contributed by atoms with E-state index in [1.165, 1.54) is 0 Å². The van der Waals surface area contributed by atoms with E-state index >= 15 is 0 Å². The van der Waals surface area contributed by atoms with Crippen LogP contribution in [0.25, 0.3) is 0 Å². The molecule has 0 fully saturated rings. The molecule has 0 atom stereocenters. The average Bonchev–Trinajstić information content (AvgIpc) is 2.28. The first kappa shape index (κ1) is 13.8. The normalized spacial score (nSPS) is 9.94. The van der Waals surface area contributed by atoms with E-state index in [9.17, 15) is 4.79 Å². The molecule has 0 unspecified atom stereocenters. The van der Waals surface area contributed by atoms with Crippen LogP contribution in [0.2, 0.25) is 0 Å². The Hall–Kier alpha value is -2.22. The Morgan fingerprint density at radius 1 is 1.56 bits per heavy atom. The molecule has 0 spiro atoms. The van der Waals surface area contributed by atoms with Crippen molar-refractivity contribution >= 4 is 17.3 Å². The molecule has 0 aliphatic rings. The summed E-state index contributed by atoms with van der Waals surface area (Å²) in [5.74, 6) is -0.0529. The monoisotopic (exact) mass is 246 g/mol. The third-order valence-electron chi connectivity index (χ3n) is 2.43. The van der Waals surface area contributed by atoms with Crippen LogP contribution in [0.4, 0.5) is 11.4 Å². The third-order valence-corrected chi connectivity index (χ3v) is 2.43. The summed E-state index contributed by atoms with van der Waals surface area (Å²) in [6.45, 7) is 4.07. The van der Waals surface area contributed by atoms with Gasteiger partial charge in [-0.25, -0.2) is 0 Å². The molecule has 0 saturated heterocycles. The highest BCUT2D eigenvalue weighted by atomic mass is 16.2. The van der Waals surface area contributed by atoms with Gasteiger partial charge in [-0.15, -0.1) is 0 Å². The summed E-state index contributed by atoms with van der Waals surface area (Å²) in [5.41, 5.74) is 7.30. The second-order valence-electron chi connectivity index (χ2n) is 4.46. The Morgan fingerprint density at radius 3 is 2.78 bits per heavy atom. The summed E-state index contributed by atoms with van der Waals surface area (Å²) in [5, 5.41) is 11.7. The molecule has 3 N–H and O–H groups in total. The number of nitrogens with two attached hydrogens (primary N) is 1. The fourth-order valence-electron chi connectivity index (χ4n) is 1.55. The van der Waals surface area contributed by atoms with Gasteiger partial charge in [0.15, 0.2) is 0 Å². The molecule has 1 rings (SSSR count). The van der Waals surface area contributed by atoms with Crippen LogP contribution in [0, 0.1) is 11.3 Å². The smallest absolute Gasteiger partial charge is 0.239 e. The first-order chi connectivity index (χ1) is 8.43. The summed E-state index contributed by atoms with van der Waals surface area (Å²) >= 11 is 0. The highest BCUT2D eigenvalue weighted by molar-refractivity contribution is 5.81. The SMILES string of the molecule is CC(C)NC(=O)CN(C)c1ccc(N)c(C#N)c1. The molecule has 5 heteroatoms. The molecule has 0 saturated carbocycles. The predicted octanol–water partition coefficient (Wildman–Crippen LogP) is 1.10. The number of likely N-dealkylation sites (N-methyl/N-ethyl adjacent to an activating group) is 1. The molecule has 1 amide bonds. The Morgan fingerprint density at radius 2 is 2.22 bits per heavy atom. The van der Waals surface area contributed by atoms with Crippen LogP contribution in [0.5, 0.6) is 0 Å². The lowest BCUT2D eigenvalue weighted by Crippen LogP contribution is -2.38. The van der Waals surface area contributed by atoms with Crippen molar-refractivity contribution in [3.8, 4) is 6.07 Å². The van der Waals surface area contributed by atoms with Crippen molar-refractivity contribution in [3.63, 3.8) is 0 Å². The van der Waals surface area contributed by atoms with Crippen molar-refractivity contribution in [3.05, 3.63) is 23.8 Å². The van der Waals surface area contributed by atoms with E-state index in [-0.39, 0.29) is 18.5 Å². The molecule has 18 heavy (non-hydrogen) atoms. The molecule has 0 aliphatic carbocycles. The van der Waals surface area contributed by atoms with Gasteiger partial charge in [-0.2, -0.15) is 5.26 Å². The van der Waals surface area contributed by atoms with Gasteiger partial charge in [-0.05, 0) is 32.0 Å². The zero-order valence-electron chi connectivity index (χ0n) is 10.9. The largest absolute Gasteiger partial charge is 0.398 e. The van der Waals surface area contributed by atoms with E-state index in [0.717, 1.165) is 5.69 Å². The Bertz CT molecular complexity index is 476. The van der Waals surface area contributed by atoms with E-state index in [4.69, 9.17) is 11.0 Å². The van der Waals surface area contributed by atoms with Crippen molar-refractivity contribution in [2.24, 2.45) is 0 Å². The third kappa shape index (κ3) is 3.67. The molecule has 1 aromatic rings. The number of rotatable bonds is 4. The van der Waals surface area contributed by atoms with Crippen LogP contribution in [0.1, 0.15) is 19.4 Å². The maximum atomic E-state index is 11.6. The first-order valence-electron chi connectivity index (χ1n) is 5.74. The van der Waals surface area contributed by atoms with Gasteiger partial charge in [-0.1, -0.05) is 0 Å². The second kappa shape index (κ2) is 5.92. The lowest BCUT2D eigenvalue weighted by Gasteiger charge is -2.20. The number of anilines is 2. The number of nitriles is 1. The molecule has 0 heterocycles. The minimum atomic E-state index is -0.0529. The number of hydrogen-bond donors (Lipinski definition) is 2. The number of nitrogens with zero attached hydrogens (tertiary/aromatic N) is 2. The van der Waals surface area contributed by atoms with Crippen LogP contribution in [-0.2, 0) is 4.79 Å². The van der Waals surface area contributed by atoms with Gasteiger partial charge in [0.25, 0.3) is 0 Å². The second-order valence-corrected chi connectivity index (χ2v) is 4.46. The maximum absolute atomic E-state index is 11.6. The van der Waals surface area contributed by atoms with Gasteiger partial charge in [0.2, 0.25) is 5.91 Å². The average molecular weight is 246 g/mol. The Kier molecular flexibility index (Phi) is 4.55. The van der Waals surface area contributed by atoms with E-state index in [0.29, 0.717) is 11.3 Å². The minimum Gasteiger partial charge on any atom is -0.398 e. The molecule has 0 aliphatic heterocycles. The van der Waals surface area contributed by atoms with Crippen molar-refractivity contribution in [1.29, 1.82) is 5.26 Å². The van der Waals surface area contributed by atoms with E-state index in [1.54, 1.807) is 30.1 Å². The van der Waals surface area contributed by atoms with Crippen LogP contribution in [0.3, 0.4) is 0 Å². The molecule has 0 aromatic heterocycles. The van der Waals surface area contributed by atoms with Crippen molar-refractivity contribution in [2.45, 2.75) is 19.9 Å². The molecular formula is C13H18N4O. The zero-order chi connectivity index (χ0) is 13.7. The van der Waals surface area contributed by atoms with Gasteiger partial charge >= 0.3 is 0 Å². The van der Waals surface area contributed by atoms with Gasteiger partial charge in [-0.3, -0.25) is 4.79 Å². The standard InChI is InChI=1S/C13H18N4O/c1-9(2)16-13(18)8-17(3)11-4-5-12(15)10(6-11)7-14/h4-6,9H,8,15H2,1-3H3,(H,16,18).